The maximum atomic E-state index is 13.2. The number of allylic oxidation sites excluding steroid dienone is 18. The zero-order valence-corrected chi connectivity index (χ0v) is 42.8. The van der Waals surface area contributed by atoms with E-state index in [4.69, 9.17) is 4.74 Å². The van der Waals surface area contributed by atoms with Gasteiger partial charge >= 0.3 is 5.97 Å². The summed E-state index contributed by atoms with van der Waals surface area (Å²) in [6.07, 6.45) is 71.3. The molecular weight excluding hydrogens is 815 g/mol. The van der Waals surface area contributed by atoms with E-state index in [2.05, 4.69) is 105 Å². The fourth-order valence-electron chi connectivity index (χ4n) is 7.65. The van der Waals surface area contributed by atoms with Crippen molar-refractivity contribution in [2.45, 2.75) is 251 Å². The van der Waals surface area contributed by atoms with Crippen molar-refractivity contribution in [3.8, 4) is 0 Å². The molecule has 0 aromatic heterocycles. The van der Waals surface area contributed by atoms with Crippen LogP contribution in [0.3, 0.4) is 0 Å². The number of hydrogen-bond acceptors (Lipinski definition) is 5. The van der Waals surface area contributed by atoms with Gasteiger partial charge in [-0.2, -0.15) is 0 Å². The molecule has 0 radical (unpaired) electrons. The number of esters is 1. The molecule has 6 heteroatoms. The lowest BCUT2D eigenvalue weighted by Gasteiger charge is -2.24. The number of amides is 1. The highest BCUT2D eigenvalue weighted by molar-refractivity contribution is 5.77. The van der Waals surface area contributed by atoms with Gasteiger partial charge in [0.2, 0.25) is 5.91 Å². The second kappa shape index (κ2) is 52.5. The van der Waals surface area contributed by atoms with Gasteiger partial charge in [-0.1, -0.05) is 259 Å². The lowest BCUT2D eigenvalue weighted by Crippen LogP contribution is -2.46. The van der Waals surface area contributed by atoms with Crippen LogP contribution in [-0.4, -0.2) is 46.9 Å². The molecule has 0 aromatic rings. The SMILES string of the molecule is CCC/C=C/C=C/C=C/C=C/C=C/CCCCCCCC(=O)OC(CCCCC/C=C/C=C/C=C/C=C/CCCCC)CC(=O)NC(CO)C(O)CCCCCCCCCCCCCCC. The number of carbonyl (C=O) groups is 2. The van der Waals surface area contributed by atoms with Crippen LogP contribution in [0.15, 0.2) is 109 Å². The summed E-state index contributed by atoms with van der Waals surface area (Å²) in [5, 5.41) is 23.8. The molecule has 6 nitrogen and oxygen atoms in total. The maximum Gasteiger partial charge on any atom is 0.306 e. The van der Waals surface area contributed by atoms with Gasteiger partial charge < -0.3 is 20.3 Å². The van der Waals surface area contributed by atoms with Crippen LogP contribution in [0.4, 0.5) is 0 Å². The maximum absolute atomic E-state index is 13.2. The molecule has 0 heterocycles. The molecule has 376 valence electrons. The minimum absolute atomic E-state index is 0.0343. The minimum atomic E-state index is -0.811. The Labute approximate surface area is 407 Å². The van der Waals surface area contributed by atoms with E-state index in [1.165, 1.54) is 89.9 Å². The van der Waals surface area contributed by atoms with Crippen molar-refractivity contribution >= 4 is 11.9 Å². The standard InChI is InChI=1S/C60H101NO5/c1-4-7-10-13-16-19-22-25-27-29-30-32-35-38-41-44-47-50-53-60(65)66-56(51-48-45-42-39-36-34-31-28-26-23-20-17-14-11-8-5-2)54-59(64)61-57(55-62)58(63)52-49-46-43-40-37-33-24-21-18-15-12-9-6-3/h10,13,16-17,19-20,22-23,25-32,34,36,56-58,62-63H,4-9,11-12,14-15,18,21,24,33,35,37-55H2,1-3H3,(H,61,64)/b13-10+,19-16+,20-17+,25-22+,26-23+,29-27+,31-28+,32-30+,36-34+. The Bertz CT molecular complexity index is 1350. The van der Waals surface area contributed by atoms with E-state index in [0.717, 1.165) is 96.3 Å². The number of hydrogen-bond donors (Lipinski definition) is 3. The number of unbranched alkanes of at least 4 members (excludes halogenated alkanes) is 24. The van der Waals surface area contributed by atoms with Crippen LogP contribution in [-0.2, 0) is 14.3 Å². The van der Waals surface area contributed by atoms with Crippen LogP contribution in [0.1, 0.15) is 233 Å². The number of aliphatic hydroxyl groups excluding tert-OH is 2. The summed E-state index contributed by atoms with van der Waals surface area (Å²) in [6, 6.07) is -0.728. The first-order chi connectivity index (χ1) is 32.5. The summed E-state index contributed by atoms with van der Waals surface area (Å²) in [5.74, 6) is -0.548. The Balaban J connectivity index is 4.75. The molecule has 0 aromatic carbocycles. The molecule has 0 aliphatic carbocycles. The van der Waals surface area contributed by atoms with E-state index in [1.807, 2.05) is 30.4 Å². The summed E-state index contributed by atoms with van der Waals surface area (Å²) in [6.45, 7) is 6.34. The van der Waals surface area contributed by atoms with Crippen LogP contribution in [0.2, 0.25) is 0 Å². The van der Waals surface area contributed by atoms with Gasteiger partial charge in [-0.25, -0.2) is 0 Å². The van der Waals surface area contributed by atoms with E-state index < -0.39 is 18.2 Å². The largest absolute Gasteiger partial charge is 0.462 e. The van der Waals surface area contributed by atoms with E-state index >= 15 is 0 Å². The van der Waals surface area contributed by atoms with Gasteiger partial charge in [-0.05, 0) is 70.6 Å². The van der Waals surface area contributed by atoms with Gasteiger partial charge in [0.1, 0.15) is 6.10 Å². The van der Waals surface area contributed by atoms with Crippen molar-refractivity contribution in [1.82, 2.24) is 5.32 Å². The van der Waals surface area contributed by atoms with Gasteiger partial charge in [-0.15, -0.1) is 0 Å². The fraction of sp³-hybridized carbons (Fsp3) is 0.667. The minimum Gasteiger partial charge on any atom is -0.462 e. The van der Waals surface area contributed by atoms with Crippen LogP contribution >= 0.6 is 0 Å². The van der Waals surface area contributed by atoms with Gasteiger partial charge in [0.05, 0.1) is 25.2 Å². The number of nitrogens with one attached hydrogen (secondary N) is 1. The van der Waals surface area contributed by atoms with Gasteiger partial charge in [0, 0.05) is 6.42 Å². The van der Waals surface area contributed by atoms with Crippen molar-refractivity contribution in [2.24, 2.45) is 0 Å². The van der Waals surface area contributed by atoms with Crippen LogP contribution < -0.4 is 5.32 Å². The normalized spacial score (nSPS) is 14.1. The number of aliphatic hydroxyl groups is 2. The topological polar surface area (TPSA) is 95.9 Å². The molecule has 3 N–H and O–H groups in total. The second-order valence-electron chi connectivity index (χ2n) is 18.1. The summed E-state index contributed by atoms with van der Waals surface area (Å²) in [7, 11) is 0. The predicted molar refractivity (Wildman–Crippen MR) is 287 cm³/mol. The summed E-state index contributed by atoms with van der Waals surface area (Å²) in [4.78, 5) is 26.2. The summed E-state index contributed by atoms with van der Waals surface area (Å²) < 4.78 is 5.92. The quantitative estimate of drug-likeness (QED) is 0.0321. The Morgan fingerprint density at radius 3 is 1.27 bits per heavy atom. The molecular formula is C60H101NO5. The molecule has 66 heavy (non-hydrogen) atoms. The molecule has 0 bridgehead atoms. The lowest BCUT2D eigenvalue weighted by atomic mass is 10.0. The average molecular weight is 916 g/mol. The highest BCUT2D eigenvalue weighted by Gasteiger charge is 2.24. The molecule has 0 saturated carbocycles. The second-order valence-corrected chi connectivity index (χ2v) is 18.1. The molecule has 0 aliphatic rings. The first kappa shape index (κ1) is 62.5. The monoisotopic (exact) mass is 916 g/mol. The molecule has 0 saturated heterocycles. The summed E-state index contributed by atoms with van der Waals surface area (Å²) in [5.41, 5.74) is 0. The first-order valence-electron chi connectivity index (χ1n) is 27.2. The number of rotatable bonds is 47. The number of carbonyl (C=O) groups excluding carboxylic acids is 2. The molecule has 0 rings (SSSR count). The molecule has 1 amide bonds. The van der Waals surface area contributed by atoms with Crippen molar-refractivity contribution < 1.29 is 24.5 Å². The average Bonchev–Trinajstić information content (AvgIpc) is 3.31. The van der Waals surface area contributed by atoms with Gasteiger partial charge in [0.25, 0.3) is 0 Å². The number of ether oxygens (including phenoxy) is 1. The van der Waals surface area contributed by atoms with Crippen LogP contribution in [0.25, 0.3) is 0 Å². The third-order valence-electron chi connectivity index (χ3n) is 11.8. The van der Waals surface area contributed by atoms with Gasteiger partial charge in [0.15, 0.2) is 0 Å². The van der Waals surface area contributed by atoms with E-state index in [1.54, 1.807) is 0 Å². The van der Waals surface area contributed by atoms with Crippen molar-refractivity contribution in [2.75, 3.05) is 6.61 Å². The molecule has 3 unspecified atom stereocenters. The highest BCUT2D eigenvalue weighted by Crippen LogP contribution is 2.17. The zero-order chi connectivity index (χ0) is 48.1. The zero-order valence-electron chi connectivity index (χ0n) is 42.8. The highest BCUT2D eigenvalue weighted by atomic mass is 16.5. The Morgan fingerprint density at radius 2 is 0.803 bits per heavy atom. The summed E-state index contributed by atoms with van der Waals surface area (Å²) >= 11 is 0. The van der Waals surface area contributed by atoms with Crippen molar-refractivity contribution in [3.63, 3.8) is 0 Å². The third-order valence-corrected chi connectivity index (χ3v) is 11.8. The molecule has 0 spiro atoms. The van der Waals surface area contributed by atoms with E-state index in [-0.39, 0.29) is 24.9 Å². The Kier molecular flexibility index (Phi) is 49.7. The molecule has 0 aliphatic heterocycles. The molecule has 0 fully saturated rings. The van der Waals surface area contributed by atoms with E-state index in [9.17, 15) is 19.8 Å². The third kappa shape index (κ3) is 47.0. The smallest absolute Gasteiger partial charge is 0.306 e. The lowest BCUT2D eigenvalue weighted by molar-refractivity contribution is -0.151. The molecule has 3 atom stereocenters. The Hall–Kier alpha value is -3.48. The van der Waals surface area contributed by atoms with Gasteiger partial charge in [-0.3, -0.25) is 9.59 Å². The van der Waals surface area contributed by atoms with Crippen molar-refractivity contribution in [3.05, 3.63) is 109 Å². The van der Waals surface area contributed by atoms with E-state index in [0.29, 0.717) is 19.3 Å². The van der Waals surface area contributed by atoms with Crippen molar-refractivity contribution in [1.29, 1.82) is 0 Å². The van der Waals surface area contributed by atoms with Crippen LogP contribution in [0, 0.1) is 0 Å². The fourth-order valence-corrected chi connectivity index (χ4v) is 7.65. The van der Waals surface area contributed by atoms with Crippen LogP contribution in [0.5, 0.6) is 0 Å². The Morgan fingerprint density at radius 1 is 0.439 bits per heavy atom. The predicted octanol–water partition coefficient (Wildman–Crippen LogP) is 16.7. The first-order valence-corrected chi connectivity index (χ1v) is 27.2.